The van der Waals surface area contributed by atoms with E-state index in [4.69, 9.17) is 34.8 Å². The largest absolute Gasteiger partial charge is 0.368 e. The fourth-order valence-electron chi connectivity index (χ4n) is 4.56. The number of halogens is 3. The highest BCUT2D eigenvalue weighted by molar-refractivity contribution is 7.92. The van der Waals surface area contributed by atoms with E-state index >= 15 is 0 Å². The zero-order valence-corrected chi connectivity index (χ0v) is 26.9. The minimum atomic E-state index is -3.84. The van der Waals surface area contributed by atoms with Crippen LogP contribution in [0.15, 0.2) is 59.5 Å². The number of aryl methyl sites for hydroxylation is 1. The lowest BCUT2D eigenvalue weighted by molar-refractivity contribution is -0.130. The summed E-state index contributed by atoms with van der Waals surface area (Å²) in [7, 11) is -3.84. The molecule has 224 valence electrons. The molecule has 12 heteroatoms. The average molecular weight is 652 g/mol. The monoisotopic (exact) mass is 650 g/mol. The van der Waals surface area contributed by atoms with Crippen molar-refractivity contribution in [3.8, 4) is 0 Å². The topological polar surface area (TPSA) is 98.8 Å². The predicted octanol–water partition coefficient (Wildman–Crippen LogP) is 6.13. The van der Waals surface area contributed by atoms with Crippen LogP contribution in [0.3, 0.4) is 0 Å². The second kappa shape index (κ2) is 12.7. The van der Waals surface area contributed by atoms with Crippen molar-refractivity contribution in [3.63, 3.8) is 0 Å². The van der Waals surface area contributed by atoms with Gasteiger partial charge in [0.1, 0.15) is 0 Å². The summed E-state index contributed by atoms with van der Waals surface area (Å²) >= 11 is 18.3. The van der Waals surface area contributed by atoms with Crippen LogP contribution in [0.25, 0.3) is 0 Å². The SMILES string of the molecule is Cc1ccc(C(C)(C)C)cc1S(=O)(=O)Nc1ccc(C(=O)NCC(=O)N2CCN(c3cc(Cl)c(Cl)c(Cl)c3)CC2)cc1. The first-order valence-electron chi connectivity index (χ1n) is 13.4. The minimum absolute atomic E-state index is 0.158. The molecule has 1 aliphatic rings. The first kappa shape index (κ1) is 31.9. The molecule has 2 amide bonds. The van der Waals surface area contributed by atoms with Gasteiger partial charge in [0.25, 0.3) is 15.9 Å². The maximum Gasteiger partial charge on any atom is 0.262 e. The maximum atomic E-state index is 13.1. The van der Waals surface area contributed by atoms with Crippen molar-refractivity contribution in [1.29, 1.82) is 0 Å². The van der Waals surface area contributed by atoms with Crippen LogP contribution in [-0.4, -0.2) is 57.9 Å². The fraction of sp³-hybridized carbons (Fsp3) is 0.333. The Labute approximate surface area is 262 Å². The number of nitrogens with one attached hydrogen (secondary N) is 2. The molecule has 1 heterocycles. The molecular weight excluding hydrogens is 619 g/mol. The van der Waals surface area contributed by atoms with Gasteiger partial charge in [-0.2, -0.15) is 0 Å². The van der Waals surface area contributed by atoms with Crippen molar-refractivity contribution in [2.45, 2.75) is 38.0 Å². The normalized spacial score (nSPS) is 14.1. The van der Waals surface area contributed by atoms with Crippen LogP contribution in [0.4, 0.5) is 11.4 Å². The molecule has 0 spiro atoms. The molecule has 1 aliphatic heterocycles. The summed E-state index contributed by atoms with van der Waals surface area (Å²) in [5.74, 6) is -0.636. The molecular formula is C30H33Cl3N4O4S. The number of rotatable bonds is 7. The molecule has 4 rings (SSSR count). The highest BCUT2D eigenvalue weighted by Crippen LogP contribution is 2.35. The van der Waals surface area contributed by atoms with E-state index in [2.05, 4.69) is 14.9 Å². The Hall–Kier alpha value is -2.98. The zero-order valence-electron chi connectivity index (χ0n) is 23.8. The van der Waals surface area contributed by atoms with E-state index in [0.29, 0.717) is 58.1 Å². The Balaban J connectivity index is 1.31. The number of carbonyl (C=O) groups is 2. The standard InChI is InChI=1S/C30H33Cl3N4O4S/c1-19-5-8-21(30(2,3)4)15-26(19)42(40,41)35-22-9-6-20(7-10-22)29(39)34-18-27(38)37-13-11-36(12-14-37)23-16-24(31)28(33)25(32)17-23/h5-10,15-17,35H,11-14,18H2,1-4H3,(H,34,39). The van der Waals surface area contributed by atoms with Gasteiger partial charge in [0, 0.05) is 43.1 Å². The number of anilines is 2. The van der Waals surface area contributed by atoms with Crippen LogP contribution in [0.5, 0.6) is 0 Å². The van der Waals surface area contributed by atoms with Crippen molar-refractivity contribution >= 4 is 68.0 Å². The smallest absolute Gasteiger partial charge is 0.262 e. The molecule has 42 heavy (non-hydrogen) atoms. The Bertz CT molecular complexity index is 1570. The minimum Gasteiger partial charge on any atom is -0.368 e. The zero-order chi connectivity index (χ0) is 30.8. The predicted molar refractivity (Wildman–Crippen MR) is 170 cm³/mol. The average Bonchev–Trinajstić information content (AvgIpc) is 2.94. The first-order chi connectivity index (χ1) is 19.7. The lowest BCUT2D eigenvalue weighted by Gasteiger charge is -2.36. The summed E-state index contributed by atoms with van der Waals surface area (Å²) in [6.07, 6.45) is 0. The van der Waals surface area contributed by atoms with Gasteiger partial charge < -0.3 is 15.1 Å². The number of amides is 2. The van der Waals surface area contributed by atoms with E-state index in [1.165, 1.54) is 24.3 Å². The number of hydrogen-bond acceptors (Lipinski definition) is 5. The van der Waals surface area contributed by atoms with Crippen molar-refractivity contribution in [1.82, 2.24) is 10.2 Å². The Morgan fingerprint density at radius 1 is 0.881 bits per heavy atom. The van der Waals surface area contributed by atoms with Crippen LogP contribution in [0.1, 0.15) is 42.3 Å². The van der Waals surface area contributed by atoms with E-state index in [9.17, 15) is 18.0 Å². The lowest BCUT2D eigenvalue weighted by atomic mass is 9.87. The number of sulfonamides is 1. The Morgan fingerprint density at radius 3 is 2.05 bits per heavy atom. The molecule has 0 aromatic heterocycles. The summed E-state index contributed by atoms with van der Waals surface area (Å²) < 4.78 is 28.9. The molecule has 0 unspecified atom stereocenters. The van der Waals surface area contributed by atoms with Gasteiger partial charge in [-0.1, -0.05) is 67.7 Å². The highest BCUT2D eigenvalue weighted by Gasteiger charge is 2.24. The van der Waals surface area contributed by atoms with E-state index < -0.39 is 15.9 Å². The third-order valence-corrected chi connectivity index (χ3v) is 9.83. The van der Waals surface area contributed by atoms with E-state index in [1.807, 2.05) is 26.8 Å². The number of nitrogens with zero attached hydrogens (tertiary/aromatic N) is 2. The van der Waals surface area contributed by atoms with Gasteiger partial charge in [0.2, 0.25) is 5.91 Å². The number of benzene rings is 3. The molecule has 0 saturated carbocycles. The van der Waals surface area contributed by atoms with Crippen LogP contribution >= 0.6 is 34.8 Å². The molecule has 0 radical (unpaired) electrons. The molecule has 8 nitrogen and oxygen atoms in total. The van der Waals surface area contributed by atoms with Gasteiger partial charge in [0.05, 0.1) is 26.5 Å². The summed E-state index contributed by atoms with van der Waals surface area (Å²) in [5.41, 5.74) is 2.80. The molecule has 1 saturated heterocycles. The van der Waals surface area contributed by atoms with Gasteiger partial charge in [-0.15, -0.1) is 0 Å². The third-order valence-electron chi connectivity index (χ3n) is 7.11. The van der Waals surface area contributed by atoms with Crippen molar-refractivity contribution in [2.75, 3.05) is 42.3 Å². The van der Waals surface area contributed by atoms with Crippen LogP contribution in [0.2, 0.25) is 15.1 Å². The quantitative estimate of drug-likeness (QED) is 0.300. The van der Waals surface area contributed by atoms with Gasteiger partial charge in [-0.25, -0.2) is 8.42 Å². The van der Waals surface area contributed by atoms with Crippen molar-refractivity contribution < 1.29 is 18.0 Å². The molecule has 0 atom stereocenters. The van der Waals surface area contributed by atoms with Crippen LogP contribution in [-0.2, 0) is 20.2 Å². The highest BCUT2D eigenvalue weighted by atomic mass is 35.5. The van der Waals surface area contributed by atoms with Crippen molar-refractivity contribution in [2.24, 2.45) is 0 Å². The molecule has 0 aliphatic carbocycles. The maximum absolute atomic E-state index is 13.1. The Morgan fingerprint density at radius 2 is 1.48 bits per heavy atom. The van der Waals surface area contributed by atoms with E-state index in [-0.39, 0.29) is 22.8 Å². The van der Waals surface area contributed by atoms with Gasteiger partial charge in [-0.3, -0.25) is 14.3 Å². The third kappa shape index (κ3) is 7.50. The van der Waals surface area contributed by atoms with E-state index in [1.54, 1.807) is 36.1 Å². The number of piperazine rings is 1. The molecule has 3 aromatic carbocycles. The first-order valence-corrected chi connectivity index (χ1v) is 16.0. The molecule has 2 N–H and O–H groups in total. The van der Waals surface area contributed by atoms with Crippen molar-refractivity contribution in [3.05, 3.63) is 86.4 Å². The summed E-state index contributed by atoms with van der Waals surface area (Å²) in [5, 5.41) is 3.69. The van der Waals surface area contributed by atoms with Crippen LogP contribution < -0.4 is 14.9 Å². The van der Waals surface area contributed by atoms with Gasteiger partial charge >= 0.3 is 0 Å². The van der Waals surface area contributed by atoms with E-state index in [0.717, 1.165) is 11.3 Å². The summed E-state index contributed by atoms with van der Waals surface area (Å²) in [6, 6.07) is 15.0. The second-order valence-electron chi connectivity index (χ2n) is 11.2. The number of carbonyl (C=O) groups excluding carboxylic acids is 2. The molecule has 1 fully saturated rings. The van der Waals surface area contributed by atoms with Gasteiger partial charge in [0.15, 0.2) is 0 Å². The summed E-state index contributed by atoms with van der Waals surface area (Å²) in [4.78, 5) is 29.4. The fourth-order valence-corrected chi connectivity index (χ4v) is 6.48. The summed E-state index contributed by atoms with van der Waals surface area (Å²) in [6.45, 7) is 9.76. The molecule has 0 bridgehead atoms. The second-order valence-corrected chi connectivity index (χ2v) is 14.0. The lowest BCUT2D eigenvalue weighted by Crippen LogP contribution is -2.51. The number of hydrogen-bond donors (Lipinski definition) is 2. The van der Waals surface area contributed by atoms with Crippen LogP contribution in [0, 0.1) is 6.92 Å². The van der Waals surface area contributed by atoms with Gasteiger partial charge in [-0.05, 0) is 65.9 Å². The Kier molecular flexibility index (Phi) is 9.67. The molecule has 3 aromatic rings.